The van der Waals surface area contributed by atoms with Gasteiger partial charge in [-0.15, -0.1) is 0 Å². The molecule has 0 aliphatic rings. The van der Waals surface area contributed by atoms with Gasteiger partial charge in [0.25, 0.3) is 0 Å². The molecule has 0 fully saturated rings. The van der Waals surface area contributed by atoms with Gasteiger partial charge >= 0.3 is 0 Å². The molecule has 0 spiro atoms. The monoisotopic (exact) mass is 462 g/mol. The molecule has 6 nitrogen and oxygen atoms in total. The molecule has 0 saturated heterocycles. The third-order valence-electron chi connectivity index (χ3n) is 6.93. The Bertz CT molecular complexity index is 2100. The first-order chi connectivity index (χ1) is 17.9. The highest BCUT2D eigenvalue weighted by atomic mass is 15.2. The van der Waals surface area contributed by atoms with E-state index in [1.165, 1.54) is 27.9 Å². The molecule has 4 aromatic carbocycles. The summed E-state index contributed by atoms with van der Waals surface area (Å²) in [5.74, 6) is 0.604. The van der Waals surface area contributed by atoms with Gasteiger partial charge in [0, 0.05) is 27.2 Å². The number of aromatic nitrogens is 6. The van der Waals surface area contributed by atoms with Crippen LogP contribution in [0.2, 0.25) is 0 Å². The normalized spacial score (nSPS) is 11.9. The van der Waals surface area contributed by atoms with Crippen LogP contribution in [0.3, 0.4) is 0 Å². The smallest absolute Gasteiger partial charge is 0.235 e. The van der Waals surface area contributed by atoms with Crippen molar-refractivity contribution in [1.82, 2.24) is 29.1 Å². The summed E-state index contributed by atoms with van der Waals surface area (Å²) < 4.78 is 4.52. The van der Waals surface area contributed by atoms with Crippen molar-refractivity contribution in [2.75, 3.05) is 0 Å². The summed E-state index contributed by atoms with van der Waals surface area (Å²) in [5, 5.41) is 4.70. The number of hydrogen-bond donors (Lipinski definition) is 0. The number of hydrogen-bond acceptors (Lipinski definition) is 4. The van der Waals surface area contributed by atoms with Crippen LogP contribution >= 0.6 is 0 Å². The third kappa shape index (κ3) is 2.55. The molecular formula is C30H18N6. The molecule has 0 unspecified atom stereocenters. The number of fused-ring (bicyclic) bond motifs is 8. The first kappa shape index (κ1) is 19.2. The molecule has 0 aliphatic heterocycles. The molecule has 8 aromatic rings. The minimum atomic E-state index is 0.604. The summed E-state index contributed by atoms with van der Waals surface area (Å²) in [6.45, 7) is 0. The van der Waals surface area contributed by atoms with E-state index in [1.54, 1.807) is 12.4 Å². The number of para-hydroxylation sites is 3. The third-order valence-corrected chi connectivity index (χ3v) is 6.93. The van der Waals surface area contributed by atoms with Gasteiger partial charge in [0.05, 0.1) is 34.5 Å². The topological polar surface area (TPSA) is 61.4 Å². The molecule has 4 aromatic heterocycles. The largest absolute Gasteiger partial charge is 0.309 e. The first-order valence-corrected chi connectivity index (χ1v) is 11.8. The Morgan fingerprint density at radius 2 is 1.28 bits per heavy atom. The highest BCUT2D eigenvalue weighted by Crippen LogP contribution is 2.41. The average molecular weight is 463 g/mol. The highest BCUT2D eigenvalue weighted by molar-refractivity contribution is 6.26. The summed E-state index contributed by atoms with van der Waals surface area (Å²) in [7, 11) is 0. The summed E-state index contributed by atoms with van der Waals surface area (Å²) in [4.78, 5) is 18.1. The maximum Gasteiger partial charge on any atom is 0.235 e. The van der Waals surface area contributed by atoms with E-state index in [1.807, 2.05) is 6.07 Å². The zero-order valence-corrected chi connectivity index (χ0v) is 19.1. The summed E-state index contributed by atoms with van der Waals surface area (Å²) in [6, 6.07) is 32.0. The molecule has 4 heterocycles. The van der Waals surface area contributed by atoms with Crippen molar-refractivity contribution in [2.45, 2.75) is 0 Å². The minimum Gasteiger partial charge on any atom is -0.309 e. The Hall–Kier alpha value is -5.10. The zero-order chi connectivity index (χ0) is 23.6. The fourth-order valence-electron chi connectivity index (χ4n) is 5.45. The van der Waals surface area contributed by atoms with E-state index >= 15 is 0 Å². The standard InChI is InChI=1S/C30H18N6/c1-2-8-19(9-3-1)35-26-13-7-5-11-22(26)28-27(35)15-14-21-20-10-4-6-12-25(20)36(29(21)28)30-32-17-23-24(34-30)16-31-18-33-23/h1-18H. The second-order valence-corrected chi connectivity index (χ2v) is 8.86. The van der Waals surface area contributed by atoms with Crippen LogP contribution in [0.5, 0.6) is 0 Å². The van der Waals surface area contributed by atoms with E-state index in [4.69, 9.17) is 9.97 Å². The van der Waals surface area contributed by atoms with Crippen molar-refractivity contribution < 1.29 is 0 Å². The predicted octanol–water partition coefficient (Wildman–Crippen LogP) is 6.61. The summed E-state index contributed by atoms with van der Waals surface area (Å²) in [6.07, 6.45) is 5.03. The molecule has 0 amide bonds. The van der Waals surface area contributed by atoms with Crippen LogP contribution in [0.4, 0.5) is 0 Å². The van der Waals surface area contributed by atoms with Crippen LogP contribution in [0.25, 0.3) is 66.3 Å². The molecule has 36 heavy (non-hydrogen) atoms. The second-order valence-electron chi connectivity index (χ2n) is 8.86. The van der Waals surface area contributed by atoms with E-state index in [0.29, 0.717) is 11.5 Å². The van der Waals surface area contributed by atoms with E-state index in [2.05, 4.69) is 104 Å². The molecule has 0 bridgehead atoms. The molecule has 168 valence electrons. The van der Waals surface area contributed by atoms with Gasteiger partial charge in [0.1, 0.15) is 17.4 Å². The van der Waals surface area contributed by atoms with Crippen molar-refractivity contribution in [3.8, 4) is 11.6 Å². The van der Waals surface area contributed by atoms with E-state index in [9.17, 15) is 0 Å². The Labute approximate surface area is 205 Å². The Morgan fingerprint density at radius 3 is 2.14 bits per heavy atom. The van der Waals surface area contributed by atoms with Crippen LogP contribution in [0.15, 0.2) is 110 Å². The molecule has 0 aliphatic carbocycles. The summed E-state index contributed by atoms with van der Waals surface area (Å²) in [5.41, 5.74) is 7.03. The number of nitrogens with zero attached hydrogens (tertiary/aromatic N) is 6. The van der Waals surface area contributed by atoms with Crippen LogP contribution in [0, 0.1) is 0 Å². The van der Waals surface area contributed by atoms with Crippen LogP contribution in [0.1, 0.15) is 0 Å². The molecule has 0 N–H and O–H groups in total. The van der Waals surface area contributed by atoms with Gasteiger partial charge in [-0.3, -0.25) is 4.57 Å². The maximum absolute atomic E-state index is 4.89. The van der Waals surface area contributed by atoms with E-state index in [-0.39, 0.29) is 0 Å². The van der Waals surface area contributed by atoms with E-state index in [0.717, 1.165) is 33.3 Å². The van der Waals surface area contributed by atoms with Crippen molar-refractivity contribution in [3.63, 3.8) is 0 Å². The minimum absolute atomic E-state index is 0.604. The summed E-state index contributed by atoms with van der Waals surface area (Å²) >= 11 is 0. The van der Waals surface area contributed by atoms with Gasteiger partial charge < -0.3 is 4.57 Å². The number of rotatable bonds is 2. The lowest BCUT2D eigenvalue weighted by molar-refractivity contribution is 1.00. The van der Waals surface area contributed by atoms with E-state index < -0.39 is 0 Å². The molecular weight excluding hydrogens is 444 g/mol. The van der Waals surface area contributed by atoms with Gasteiger partial charge in [0.15, 0.2) is 0 Å². The molecule has 0 saturated carbocycles. The molecule has 6 heteroatoms. The molecule has 0 atom stereocenters. The fraction of sp³-hybridized carbons (Fsp3) is 0. The van der Waals surface area contributed by atoms with Gasteiger partial charge in [-0.25, -0.2) is 19.9 Å². The van der Waals surface area contributed by atoms with Gasteiger partial charge in [-0.05, 0) is 30.3 Å². The second kappa shape index (κ2) is 7.20. The Balaban J connectivity index is 1.61. The first-order valence-electron chi connectivity index (χ1n) is 11.8. The van der Waals surface area contributed by atoms with Gasteiger partial charge in [0.2, 0.25) is 5.95 Å². The lowest BCUT2D eigenvalue weighted by atomic mass is 10.1. The Morgan fingerprint density at radius 1 is 0.528 bits per heavy atom. The molecule has 8 rings (SSSR count). The SMILES string of the molecule is c1ccc(-n2c3ccccc3c3c2ccc2c4ccccc4n(-c4ncc5ncncc5n4)c23)cc1. The zero-order valence-electron chi connectivity index (χ0n) is 19.1. The number of benzene rings is 4. The van der Waals surface area contributed by atoms with Crippen molar-refractivity contribution >= 4 is 54.6 Å². The predicted molar refractivity (Wildman–Crippen MR) is 144 cm³/mol. The van der Waals surface area contributed by atoms with Crippen molar-refractivity contribution in [1.29, 1.82) is 0 Å². The van der Waals surface area contributed by atoms with Crippen LogP contribution in [-0.2, 0) is 0 Å². The average Bonchev–Trinajstić information content (AvgIpc) is 3.46. The maximum atomic E-state index is 4.89. The lowest BCUT2D eigenvalue weighted by Crippen LogP contribution is -2.02. The highest BCUT2D eigenvalue weighted by Gasteiger charge is 2.21. The van der Waals surface area contributed by atoms with Crippen molar-refractivity contribution in [2.24, 2.45) is 0 Å². The van der Waals surface area contributed by atoms with Gasteiger partial charge in [-0.1, -0.05) is 60.7 Å². The molecule has 0 radical (unpaired) electrons. The van der Waals surface area contributed by atoms with Gasteiger partial charge in [-0.2, -0.15) is 0 Å². The van der Waals surface area contributed by atoms with Crippen molar-refractivity contribution in [3.05, 3.63) is 110 Å². The van der Waals surface area contributed by atoms with Crippen LogP contribution in [-0.4, -0.2) is 29.1 Å². The lowest BCUT2D eigenvalue weighted by Gasteiger charge is -2.09. The Kier molecular flexibility index (Phi) is 3.85. The van der Waals surface area contributed by atoms with Crippen LogP contribution < -0.4 is 0 Å². The quantitative estimate of drug-likeness (QED) is 0.290. The fourth-order valence-corrected chi connectivity index (χ4v) is 5.45.